The maximum absolute atomic E-state index is 13.9. The predicted molar refractivity (Wildman–Crippen MR) is 123 cm³/mol. The van der Waals surface area contributed by atoms with Gasteiger partial charge in [0.25, 0.3) is 0 Å². The van der Waals surface area contributed by atoms with E-state index in [0.717, 1.165) is 28.7 Å². The molecule has 0 bridgehead atoms. The Bertz CT molecular complexity index is 1220. The molecule has 5 nitrogen and oxygen atoms in total. The van der Waals surface area contributed by atoms with E-state index < -0.39 is 11.6 Å². The van der Waals surface area contributed by atoms with Gasteiger partial charge < -0.3 is 4.98 Å². The molecule has 0 aliphatic carbocycles. The average molecular weight is 655 g/mol. The molecule has 0 spiro atoms. The number of nitrogens with zero attached hydrogens (tertiary/aromatic N) is 5. The third kappa shape index (κ3) is 6.44. The van der Waals surface area contributed by atoms with Gasteiger partial charge in [-0.3, -0.25) is 18.1 Å². The molecule has 0 N–H and O–H groups in total. The number of rotatable bonds is 3. The zero-order valence-corrected chi connectivity index (χ0v) is 21.4. The summed E-state index contributed by atoms with van der Waals surface area (Å²) in [6.07, 6.45) is 4.98. The van der Waals surface area contributed by atoms with Crippen molar-refractivity contribution in [3.63, 3.8) is 0 Å². The smallest absolute Gasteiger partial charge is 0.0160 e. The molecule has 0 saturated heterocycles. The maximum Gasteiger partial charge on any atom is 0.0160 e. The molecule has 34 heavy (non-hydrogen) atoms. The van der Waals surface area contributed by atoms with Crippen molar-refractivity contribution in [1.82, 2.24) is 24.5 Å². The van der Waals surface area contributed by atoms with Crippen LogP contribution in [0.25, 0.3) is 22.6 Å². The molecule has 0 fully saturated rings. The van der Waals surface area contributed by atoms with Crippen LogP contribution in [0.15, 0.2) is 79.3 Å². The Morgan fingerprint density at radius 3 is 1.85 bits per heavy atom. The molecular weight excluding hydrogens is 636 g/mol. The Morgan fingerprint density at radius 1 is 0.824 bits per heavy atom. The van der Waals surface area contributed by atoms with E-state index in [2.05, 4.69) is 36.9 Å². The second kappa shape index (κ2) is 12.3. The number of aromatic nitrogens is 5. The van der Waals surface area contributed by atoms with Crippen molar-refractivity contribution in [3.8, 4) is 22.6 Å². The average Bonchev–Trinajstić information content (AvgIpc) is 3.50. The van der Waals surface area contributed by atoms with Crippen LogP contribution in [0.3, 0.4) is 0 Å². The molecule has 3 aromatic heterocycles. The number of halogens is 3. The van der Waals surface area contributed by atoms with Crippen molar-refractivity contribution in [2.45, 2.75) is 13.8 Å². The summed E-state index contributed by atoms with van der Waals surface area (Å²) < 4.78 is 30.4. The predicted octanol–water partition coefficient (Wildman–Crippen LogP) is 5.99. The van der Waals surface area contributed by atoms with E-state index in [1.54, 1.807) is 44.6 Å². The quantitative estimate of drug-likeness (QED) is 0.225. The van der Waals surface area contributed by atoms with Gasteiger partial charge in [0.1, 0.15) is 0 Å². The minimum atomic E-state index is -0.724. The molecule has 0 unspecified atom stereocenters. The largest absolute Gasteiger partial charge is 0.305 e. The second-order valence-corrected chi connectivity index (χ2v) is 6.96. The van der Waals surface area contributed by atoms with Gasteiger partial charge in [-0.15, -0.1) is 42.0 Å². The van der Waals surface area contributed by atoms with Gasteiger partial charge in [0, 0.05) is 30.2 Å². The summed E-state index contributed by atoms with van der Waals surface area (Å²) in [4.78, 5) is 4.22. The van der Waals surface area contributed by atoms with Crippen LogP contribution in [-0.4, -0.2) is 24.5 Å². The van der Waals surface area contributed by atoms with Crippen LogP contribution in [0.4, 0.5) is 8.78 Å². The molecule has 0 atom stereocenters. The number of aryl methyl sites for hydroxylation is 2. The topological polar surface area (TPSA) is 48.5 Å². The second-order valence-electron chi connectivity index (χ2n) is 6.96. The van der Waals surface area contributed by atoms with E-state index in [1.165, 1.54) is 27.3 Å². The molecule has 9 heteroatoms. The van der Waals surface area contributed by atoms with Crippen molar-refractivity contribution in [1.29, 1.82) is 0 Å². The summed E-state index contributed by atoms with van der Waals surface area (Å²) in [7, 11) is 4.64. The summed E-state index contributed by atoms with van der Waals surface area (Å²) in [5.41, 5.74) is 3.60. The van der Waals surface area contributed by atoms with Gasteiger partial charge >= 0.3 is 27.5 Å². The van der Waals surface area contributed by atoms with Gasteiger partial charge in [-0.1, -0.05) is 18.2 Å². The van der Waals surface area contributed by atoms with E-state index in [-0.39, 0.29) is 11.4 Å². The first-order chi connectivity index (χ1) is 16.5. The maximum atomic E-state index is 13.9. The minimum absolute atomic E-state index is 0.0580. The SMILES string of the molecule is Cc1ccn(-c2[c-]c(-n3ccc(C)n3)c(F)cc2F)n1.[Cl][Ir+2].[c-]1ccccc1-c1ccccn1. The zero-order chi connectivity index (χ0) is 24.5. The van der Waals surface area contributed by atoms with Crippen LogP contribution < -0.4 is 0 Å². The molecule has 0 saturated carbocycles. The summed E-state index contributed by atoms with van der Waals surface area (Å²) >= 11 is 1.47. The van der Waals surface area contributed by atoms with Gasteiger partial charge in [0.2, 0.25) is 0 Å². The van der Waals surface area contributed by atoms with Crippen LogP contribution in [0.2, 0.25) is 0 Å². The van der Waals surface area contributed by atoms with E-state index in [0.29, 0.717) is 0 Å². The Balaban J connectivity index is 0.000000197. The summed E-state index contributed by atoms with van der Waals surface area (Å²) in [5, 5.41) is 8.21. The molecular formula is C25H19ClF2IrN5. The van der Waals surface area contributed by atoms with Crippen LogP contribution in [0.5, 0.6) is 0 Å². The van der Waals surface area contributed by atoms with Crippen molar-refractivity contribution in [2.24, 2.45) is 0 Å². The third-order valence-electron chi connectivity index (χ3n) is 4.50. The van der Waals surface area contributed by atoms with Gasteiger partial charge in [-0.05, 0) is 49.1 Å². The molecule has 5 rings (SSSR count). The molecule has 174 valence electrons. The number of benzene rings is 2. The number of pyridine rings is 1. The Hall–Kier alpha value is -3.19. The van der Waals surface area contributed by atoms with Crippen molar-refractivity contribution < 1.29 is 26.7 Å². The number of hydrogen-bond donors (Lipinski definition) is 0. The first-order valence-electron chi connectivity index (χ1n) is 9.98. The molecule has 5 aromatic rings. The summed E-state index contributed by atoms with van der Waals surface area (Å²) in [6.45, 7) is 3.57. The van der Waals surface area contributed by atoms with Gasteiger partial charge in [-0.2, -0.15) is 10.2 Å². The van der Waals surface area contributed by atoms with E-state index >= 15 is 0 Å². The van der Waals surface area contributed by atoms with Gasteiger partial charge in [-0.25, -0.2) is 0 Å². The van der Waals surface area contributed by atoms with Crippen molar-refractivity contribution >= 4 is 9.58 Å². The standard InChI is InChI=1S/C14H11F2N4.C11H8N.ClH.Ir/c1-9-3-5-19(17-9)13-8-14(12(16)7-11(13)15)20-6-4-10(2)18-20;1-2-6-10(7-3-1)11-8-4-5-9-12-11;;/h3-7H,1-2H3;1-6,8-9H;1H;/q2*-1;;+3/p-1. The Morgan fingerprint density at radius 2 is 1.41 bits per heavy atom. The number of hydrogen-bond acceptors (Lipinski definition) is 3. The van der Waals surface area contributed by atoms with Crippen LogP contribution >= 0.6 is 9.58 Å². The van der Waals surface area contributed by atoms with Crippen LogP contribution in [0.1, 0.15) is 11.4 Å². The fourth-order valence-corrected chi connectivity index (χ4v) is 2.97. The Labute approximate surface area is 211 Å². The Kier molecular flexibility index (Phi) is 9.22. The molecule has 0 radical (unpaired) electrons. The fourth-order valence-electron chi connectivity index (χ4n) is 2.97. The van der Waals surface area contributed by atoms with Crippen molar-refractivity contribution in [3.05, 3.63) is 114 Å². The van der Waals surface area contributed by atoms with E-state index in [9.17, 15) is 8.78 Å². The van der Waals surface area contributed by atoms with Crippen LogP contribution in [0, 0.1) is 37.6 Å². The molecule has 0 aliphatic rings. The molecule has 3 heterocycles. The zero-order valence-electron chi connectivity index (χ0n) is 18.2. The normalized spacial score (nSPS) is 10.1. The monoisotopic (exact) mass is 655 g/mol. The molecule has 0 amide bonds. The molecule has 0 aliphatic heterocycles. The molecule has 2 aromatic carbocycles. The van der Waals surface area contributed by atoms with Gasteiger partial charge in [0.05, 0.1) is 11.4 Å². The summed E-state index contributed by atoms with van der Waals surface area (Å²) in [5.74, 6) is -1.45. The third-order valence-corrected chi connectivity index (χ3v) is 4.50. The van der Waals surface area contributed by atoms with Crippen LogP contribution in [-0.2, 0) is 17.9 Å². The minimum Gasteiger partial charge on any atom is -0.305 e. The fraction of sp³-hybridized carbons (Fsp3) is 0.0800. The van der Waals surface area contributed by atoms with E-state index in [4.69, 9.17) is 0 Å². The van der Waals surface area contributed by atoms with Crippen molar-refractivity contribution in [2.75, 3.05) is 0 Å². The van der Waals surface area contributed by atoms with E-state index in [1.807, 2.05) is 42.5 Å². The summed E-state index contributed by atoms with van der Waals surface area (Å²) in [6, 6.07) is 23.8. The first kappa shape index (κ1) is 25.4. The van der Waals surface area contributed by atoms with Gasteiger partial charge in [0.15, 0.2) is 0 Å². The first-order valence-corrected chi connectivity index (χ1v) is 13.0.